The number of anilines is 1. The van der Waals surface area contributed by atoms with Crippen LogP contribution in [0.1, 0.15) is 58.4 Å². The lowest BCUT2D eigenvalue weighted by atomic mass is 9.96. The van der Waals surface area contributed by atoms with E-state index in [0.29, 0.717) is 23.4 Å². The number of rotatable bonds is 4. The molecule has 1 amide bonds. The van der Waals surface area contributed by atoms with Gasteiger partial charge >= 0.3 is 0 Å². The normalized spacial score (nSPS) is 13.5. The Morgan fingerprint density at radius 2 is 2.00 bits per heavy atom. The lowest BCUT2D eigenvalue weighted by Gasteiger charge is -2.11. The Balaban J connectivity index is 1.86. The van der Waals surface area contributed by atoms with Gasteiger partial charge in [0.2, 0.25) is 0 Å². The molecule has 114 valence electrons. The molecule has 3 rings (SSSR count). The number of nitrogens with one attached hydrogen (secondary N) is 1. The molecule has 2 aromatic rings. The van der Waals surface area contributed by atoms with Crippen LogP contribution in [0.2, 0.25) is 0 Å². The molecular formula is C17H18N2O3. The molecule has 1 N–H and O–H groups in total. The fourth-order valence-corrected chi connectivity index (χ4v) is 2.77. The van der Waals surface area contributed by atoms with Gasteiger partial charge < -0.3 is 9.84 Å². The van der Waals surface area contributed by atoms with Gasteiger partial charge in [0.25, 0.3) is 5.91 Å². The highest BCUT2D eigenvalue weighted by atomic mass is 16.5. The number of carbonyl (C=O) groups is 2. The molecule has 5 nitrogen and oxygen atoms in total. The van der Waals surface area contributed by atoms with Crippen molar-refractivity contribution in [3.63, 3.8) is 0 Å². The summed E-state index contributed by atoms with van der Waals surface area (Å²) in [5.74, 6) is 0.496. The zero-order valence-corrected chi connectivity index (χ0v) is 12.5. The Morgan fingerprint density at radius 3 is 2.82 bits per heavy atom. The average molecular weight is 298 g/mol. The third-order valence-corrected chi connectivity index (χ3v) is 3.96. The Labute approximate surface area is 128 Å². The maximum atomic E-state index is 12.5. The molecule has 0 atom stereocenters. The number of hydrogen-bond acceptors (Lipinski definition) is 4. The first kappa shape index (κ1) is 14.5. The van der Waals surface area contributed by atoms with Crippen LogP contribution in [0.5, 0.6) is 0 Å². The molecule has 0 unspecified atom stereocenters. The summed E-state index contributed by atoms with van der Waals surface area (Å²) in [7, 11) is 0. The molecule has 22 heavy (non-hydrogen) atoms. The van der Waals surface area contributed by atoms with E-state index >= 15 is 0 Å². The van der Waals surface area contributed by atoms with Gasteiger partial charge in [0, 0.05) is 24.0 Å². The van der Waals surface area contributed by atoms with Crippen LogP contribution in [-0.2, 0) is 12.8 Å². The van der Waals surface area contributed by atoms with Gasteiger partial charge in [-0.1, -0.05) is 24.2 Å². The summed E-state index contributed by atoms with van der Waals surface area (Å²) in [5, 5.41) is 6.71. The maximum Gasteiger partial charge on any atom is 0.278 e. The highest BCUT2D eigenvalue weighted by Crippen LogP contribution is 2.25. The van der Waals surface area contributed by atoms with E-state index in [1.54, 1.807) is 31.2 Å². The van der Waals surface area contributed by atoms with Crippen LogP contribution >= 0.6 is 0 Å². The van der Waals surface area contributed by atoms with E-state index in [1.165, 1.54) is 0 Å². The minimum Gasteiger partial charge on any atom is -0.360 e. The highest BCUT2D eigenvalue weighted by Gasteiger charge is 2.24. The molecule has 0 aliphatic heterocycles. The molecule has 1 aromatic carbocycles. The summed E-state index contributed by atoms with van der Waals surface area (Å²) >= 11 is 0. The average Bonchev–Trinajstić information content (AvgIpc) is 2.99. The van der Waals surface area contributed by atoms with Crippen LogP contribution in [0.25, 0.3) is 0 Å². The van der Waals surface area contributed by atoms with E-state index in [0.717, 1.165) is 37.0 Å². The number of nitrogens with zero attached hydrogens (tertiary/aromatic N) is 1. The molecule has 1 aromatic heterocycles. The zero-order valence-electron chi connectivity index (χ0n) is 12.5. The lowest BCUT2D eigenvalue weighted by Crippen LogP contribution is -2.17. The van der Waals surface area contributed by atoms with E-state index in [-0.39, 0.29) is 11.7 Å². The first-order valence-electron chi connectivity index (χ1n) is 7.61. The predicted molar refractivity (Wildman–Crippen MR) is 82.2 cm³/mol. The van der Waals surface area contributed by atoms with Gasteiger partial charge in [0.15, 0.2) is 11.5 Å². The van der Waals surface area contributed by atoms with E-state index in [2.05, 4.69) is 10.5 Å². The van der Waals surface area contributed by atoms with Crippen molar-refractivity contribution in [3.8, 4) is 0 Å². The van der Waals surface area contributed by atoms with Gasteiger partial charge in [-0.15, -0.1) is 0 Å². The summed E-state index contributed by atoms with van der Waals surface area (Å²) in [6, 6.07) is 7.03. The van der Waals surface area contributed by atoms with E-state index in [9.17, 15) is 9.59 Å². The largest absolute Gasteiger partial charge is 0.360 e. The molecular weight excluding hydrogens is 280 g/mol. The van der Waals surface area contributed by atoms with Gasteiger partial charge in [-0.05, 0) is 31.4 Å². The third-order valence-electron chi connectivity index (χ3n) is 3.96. The first-order chi connectivity index (χ1) is 10.7. The second-order valence-electron chi connectivity index (χ2n) is 5.42. The maximum absolute atomic E-state index is 12.5. The number of carbonyl (C=O) groups excluding carboxylic acids is 2. The molecule has 0 saturated heterocycles. The van der Waals surface area contributed by atoms with Crippen molar-refractivity contribution in [1.82, 2.24) is 5.16 Å². The van der Waals surface area contributed by atoms with Crippen LogP contribution in [0.15, 0.2) is 28.8 Å². The van der Waals surface area contributed by atoms with Crippen LogP contribution in [0.3, 0.4) is 0 Å². The molecule has 0 fully saturated rings. The van der Waals surface area contributed by atoms with Gasteiger partial charge in [-0.25, -0.2) is 0 Å². The molecule has 1 aliphatic rings. The number of benzene rings is 1. The summed E-state index contributed by atoms with van der Waals surface area (Å²) in [6.07, 6.45) is 4.15. The second kappa shape index (κ2) is 6.13. The molecule has 0 radical (unpaired) electrons. The second-order valence-corrected chi connectivity index (χ2v) is 5.42. The standard InChI is InChI=1S/C17H18N2O3/c1-2-14(20)11-7-3-5-9-13(11)18-17(21)16-12-8-4-6-10-15(12)22-19-16/h3,5,7,9H,2,4,6,8,10H2,1H3,(H,18,21). The smallest absolute Gasteiger partial charge is 0.278 e. The molecule has 0 spiro atoms. The van der Waals surface area contributed by atoms with Gasteiger partial charge in [-0.3, -0.25) is 9.59 Å². The van der Waals surface area contributed by atoms with Gasteiger partial charge in [-0.2, -0.15) is 0 Å². The van der Waals surface area contributed by atoms with Gasteiger partial charge in [0.05, 0.1) is 5.69 Å². The van der Waals surface area contributed by atoms with Gasteiger partial charge in [0.1, 0.15) is 5.76 Å². The van der Waals surface area contributed by atoms with Crippen molar-refractivity contribution < 1.29 is 14.1 Å². The Kier molecular flexibility index (Phi) is 4.04. The van der Waals surface area contributed by atoms with E-state index < -0.39 is 0 Å². The quantitative estimate of drug-likeness (QED) is 0.878. The van der Waals surface area contributed by atoms with Crippen molar-refractivity contribution in [3.05, 3.63) is 46.8 Å². The van der Waals surface area contributed by atoms with Crippen molar-refractivity contribution >= 4 is 17.4 Å². The number of Topliss-reactive ketones (excluding diaryl/α,β-unsaturated/α-hetero) is 1. The Hall–Kier alpha value is -2.43. The molecule has 5 heteroatoms. The minimum atomic E-state index is -0.316. The number of fused-ring (bicyclic) bond motifs is 1. The number of ketones is 1. The van der Waals surface area contributed by atoms with Crippen molar-refractivity contribution in [2.75, 3.05) is 5.32 Å². The molecule has 1 heterocycles. The summed E-state index contributed by atoms with van der Waals surface area (Å²) in [5.41, 5.74) is 2.29. The van der Waals surface area contributed by atoms with Crippen LogP contribution in [-0.4, -0.2) is 16.8 Å². The first-order valence-corrected chi connectivity index (χ1v) is 7.61. The molecule has 0 bridgehead atoms. The SMILES string of the molecule is CCC(=O)c1ccccc1NC(=O)c1noc2c1CCCC2. The minimum absolute atomic E-state index is 0.00178. The fraction of sp³-hybridized carbons (Fsp3) is 0.353. The molecule has 0 saturated carbocycles. The molecule has 1 aliphatic carbocycles. The van der Waals surface area contributed by atoms with Crippen LogP contribution in [0, 0.1) is 0 Å². The summed E-state index contributed by atoms with van der Waals surface area (Å²) in [4.78, 5) is 24.4. The van der Waals surface area contributed by atoms with Crippen LogP contribution in [0.4, 0.5) is 5.69 Å². The fourth-order valence-electron chi connectivity index (χ4n) is 2.77. The highest BCUT2D eigenvalue weighted by molar-refractivity contribution is 6.09. The Morgan fingerprint density at radius 1 is 1.23 bits per heavy atom. The predicted octanol–water partition coefficient (Wildman–Crippen LogP) is 3.40. The topological polar surface area (TPSA) is 72.2 Å². The van der Waals surface area contributed by atoms with Crippen molar-refractivity contribution in [1.29, 1.82) is 0 Å². The number of aryl methyl sites for hydroxylation is 1. The number of amides is 1. The number of para-hydroxylation sites is 1. The third kappa shape index (κ3) is 2.66. The Bertz CT molecular complexity index is 718. The zero-order chi connectivity index (χ0) is 15.5. The van der Waals surface area contributed by atoms with Crippen molar-refractivity contribution in [2.24, 2.45) is 0 Å². The van der Waals surface area contributed by atoms with E-state index in [1.807, 2.05) is 0 Å². The van der Waals surface area contributed by atoms with E-state index in [4.69, 9.17) is 4.52 Å². The number of aromatic nitrogens is 1. The summed E-state index contributed by atoms with van der Waals surface area (Å²) < 4.78 is 5.27. The monoisotopic (exact) mass is 298 g/mol. The van der Waals surface area contributed by atoms with Crippen molar-refractivity contribution in [2.45, 2.75) is 39.0 Å². The number of hydrogen-bond donors (Lipinski definition) is 1. The summed E-state index contributed by atoms with van der Waals surface area (Å²) in [6.45, 7) is 1.80. The lowest BCUT2D eigenvalue weighted by molar-refractivity contribution is 0.0989. The van der Waals surface area contributed by atoms with Crippen LogP contribution < -0.4 is 5.32 Å².